The molecule has 0 heterocycles. The third-order valence-corrected chi connectivity index (χ3v) is 3.33. The minimum Gasteiger partial charge on any atom is -0.394 e. The summed E-state index contributed by atoms with van der Waals surface area (Å²) in [5, 5.41) is 8.63. The maximum atomic E-state index is 8.63. The molecule has 23 heavy (non-hydrogen) atoms. The molecule has 1 aromatic carbocycles. The number of benzene rings is 1. The molecule has 5 heteroatoms. The van der Waals surface area contributed by atoms with Gasteiger partial charge in [0.1, 0.15) is 0 Å². The minimum absolute atomic E-state index is 0.0545. The molecular weight excluding hydrogens is 294 g/mol. The first-order valence-electron chi connectivity index (χ1n) is 8.43. The van der Waals surface area contributed by atoms with Crippen LogP contribution >= 0.6 is 0 Å². The van der Waals surface area contributed by atoms with Crippen molar-refractivity contribution < 1.29 is 19.3 Å². The van der Waals surface area contributed by atoms with Gasteiger partial charge in [-0.3, -0.25) is 0 Å². The van der Waals surface area contributed by atoms with Crippen molar-refractivity contribution in [2.45, 2.75) is 20.3 Å². The first-order chi connectivity index (χ1) is 11.3. The summed E-state index contributed by atoms with van der Waals surface area (Å²) in [6, 6.07) is 8.49. The largest absolute Gasteiger partial charge is 0.394 e. The van der Waals surface area contributed by atoms with Crippen LogP contribution in [-0.2, 0) is 14.2 Å². The Morgan fingerprint density at radius 2 is 1.57 bits per heavy atom. The Balaban J connectivity index is 2.35. The fourth-order valence-electron chi connectivity index (χ4n) is 2.18. The van der Waals surface area contributed by atoms with Crippen molar-refractivity contribution in [3.63, 3.8) is 0 Å². The molecule has 0 bridgehead atoms. The van der Waals surface area contributed by atoms with E-state index < -0.39 is 0 Å². The van der Waals surface area contributed by atoms with Gasteiger partial charge in [-0.2, -0.15) is 0 Å². The van der Waals surface area contributed by atoms with E-state index in [9.17, 15) is 0 Å². The first-order valence-corrected chi connectivity index (χ1v) is 8.43. The first kappa shape index (κ1) is 19.9. The number of hydrogen-bond acceptors (Lipinski definition) is 5. The highest BCUT2D eigenvalue weighted by atomic mass is 16.5. The van der Waals surface area contributed by atoms with Gasteiger partial charge in [0.25, 0.3) is 0 Å². The number of aliphatic hydroxyl groups is 1. The molecule has 0 aromatic heterocycles. The van der Waals surface area contributed by atoms with Crippen LogP contribution in [0.15, 0.2) is 24.3 Å². The van der Waals surface area contributed by atoms with Crippen molar-refractivity contribution in [1.82, 2.24) is 0 Å². The molecule has 0 saturated carbocycles. The van der Waals surface area contributed by atoms with Crippen LogP contribution in [-0.4, -0.2) is 64.4 Å². The molecule has 0 unspecified atom stereocenters. The number of aryl methyl sites for hydroxylation is 1. The second kappa shape index (κ2) is 13.3. The summed E-state index contributed by atoms with van der Waals surface area (Å²) in [6.45, 7) is 9.55. The van der Waals surface area contributed by atoms with Gasteiger partial charge in [-0.05, 0) is 31.0 Å². The van der Waals surface area contributed by atoms with Crippen molar-refractivity contribution in [2.24, 2.45) is 0 Å². The molecule has 1 N–H and O–H groups in total. The number of aliphatic hydroxyl groups excluding tert-OH is 1. The molecule has 132 valence electrons. The summed E-state index contributed by atoms with van der Waals surface area (Å²) >= 11 is 0. The molecule has 0 aliphatic rings. The lowest BCUT2D eigenvalue weighted by Gasteiger charge is -2.25. The van der Waals surface area contributed by atoms with Gasteiger partial charge in [0.2, 0.25) is 0 Å². The molecule has 0 atom stereocenters. The van der Waals surface area contributed by atoms with Gasteiger partial charge in [-0.1, -0.05) is 19.1 Å². The fraction of sp³-hybridized carbons (Fsp3) is 0.667. The Labute approximate surface area is 140 Å². The maximum absolute atomic E-state index is 8.63. The summed E-state index contributed by atoms with van der Waals surface area (Å²) in [4.78, 5) is 2.29. The molecule has 0 saturated heterocycles. The molecule has 1 rings (SSSR count). The third kappa shape index (κ3) is 9.56. The number of rotatable bonds is 14. The van der Waals surface area contributed by atoms with E-state index in [1.54, 1.807) is 0 Å². The SMILES string of the molecule is CCCOCCN(CCOCCOCCO)c1cccc(C)c1. The van der Waals surface area contributed by atoms with E-state index in [0.29, 0.717) is 26.4 Å². The number of anilines is 1. The van der Waals surface area contributed by atoms with Gasteiger partial charge in [0.15, 0.2) is 0 Å². The molecule has 5 nitrogen and oxygen atoms in total. The molecule has 0 aliphatic heterocycles. The van der Waals surface area contributed by atoms with Crippen LogP contribution in [0.25, 0.3) is 0 Å². The van der Waals surface area contributed by atoms with Gasteiger partial charge >= 0.3 is 0 Å². The Morgan fingerprint density at radius 3 is 2.17 bits per heavy atom. The summed E-state index contributed by atoms with van der Waals surface area (Å²) in [5.74, 6) is 0. The molecule has 0 aliphatic carbocycles. The maximum Gasteiger partial charge on any atom is 0.0701 e. The quantitative estimate of drug-likeness (QED) is 0.532. The predicted molar refractivity (Wildman–Crippen MR) is 93.2 cm³/mol. The average Bonchev–Trinajstić information content (AvgIpc) is 2.56. The minimum atomic E-state index is 0.0545. The highest BCUT2D eigenvalue weighted by Gasteiger charge is 2.06. The van der Waals surface area contributed by atoms with Crippen molar-refractivity contribution in [3.8, 4) is 0 Å². The van der Waals surface area contributed by atoms with Crippen molar-refractivity contribution >= 4 is 5.69 Å². The van der Waals surface area contributed by atoms with Crippen molar-refractivity contribution in [2.75, 3.05) is 64.2 Å². The van der Waals surface area contributed by atoms with Crippen molar-refractivity contribution in [1.29, 1.82) is 0 Å². The molecule has 1 aromatic rings. The normalized spacial score (nSPS) is 10.9. The van der Waals surface area contributed by atoms with Crippen LogP contribution in [0, 0.1) is 6.92 Å². The summed E-state index contributed by atoms with van der Waals surface area (Å²) < 4.78 is 16.4. The van der Waals surface area contributed by atoms with Crippen LogP contribution in [0.5, 0.6) is 0 Å². The summed E-state index contributed by atoms with van der Waals surface area (Å²) in [7, 11) is 0. The van der Waals surface area contributed by atoms with Gasteiger partial charge < -0.3 is 24.2 Å². The molecule has 0 fully saturated rings. The van der Waals surface area contributed by atoms with E-state index in [1.807, 2.05) is 0 Å². The smallest absolute Gasteiger partial charge is 0.0701 e. The predicted octanol–water partition coefficient (Wildman–Crippen LogP) is 2.25. The Hall–Kier alpha value is -1.14. The summed E-state index contributed by atoms with van der Waals surface area (Å²) in [6.07, 6.45) is 1.04. The topological polar surface area (TPSA) is 51.2 Å². The second-order valence-corrected chi connectivity index (χ2v) is 5.39. The second-order valence-electron chi connectivity index (χ2n) is 5.39. The van der Waals surface area contributed by atoms with Gasteiger partial charge in [0.05, 0.1) is 39.6 Å². The molecule has 0 amide bonds. The van der Waals surface area contributed by atoms with Crippen LogP contribution < -0.4 is 4.90 Å². The van der Waals surface area contributed by atoms with E-state index in [1.165, 1.54) is 11.3 Å². The number of nitrogens with zero attached hydrogens (tertiary/aromatic N) is 1. The van der Waals surface area contributed by atoms with Gasteiger partial charge in [0, 0.05) is 25.4 Å². The van der Waals surface area contributed by atoms with Crippen LogP contribution in [0.4, 0.5) is 5.69 Å². The average molecular weight is 325 g/mol. The lowest BCUT2D eigenvalue weighted by atomic mass is 10.2. The zero-order valence-corrected chi connectivity index (χ0v) is 14.5. The highest BCUT2D eigenvalue weighted by molar-refractivity contribution is 5.48. The summed E-state index contributed by atoms with van der Waals surface area (Å²) in [5.41, 5.74) is 2.45. The fourth-order valence-corrected chi connectivity index (χ4v) is 2.18. The monoisotopic (exact) mass is 325 g/mol. The van der Waals surface area contributed by atoms with Gasteiger partial charge in [-0.25, -0.2) is 0 Å². The molecule has 0 spiro atoms. The van der Waals surface area contributed by atoms with E-state index >= 15 is 0 Å². The van der Waals surface area contributed by atoms with Crippen LogP contribution in [0.3, 0.4) is 0 Å². The standard InChI is InChI=1S/C18H31NO4/c1-3-10-21-11-7-19(18-6-4-5-17(2)16-18)8-12-22-14-15-23-13-9-20/h4-6,16,20H,3,7-15H2,1-2H3. The highest BCUT2D eigenvalue weighted by Crippen LogP contribution is 2.15. The Kier molecular flexibility index (Phi) is 11.5. The van der Waals surface area contributed by atoms with E-state index in [0.717, 1.165) is 32.7 Å². The number of ether oxygens (including phenoxy) is 3. The number of hydrogen-bond donors (Lipinski definition) is 1. The zero-order chi connectivity index (χ0) is 16.8. The van der Waals surface area contributed by atoms with E-state index in [-0.39, 0.29) is 6.61 Å². The lowest BCUT2D eigenvalue weighted by Crippen LogP contribution is -2.31. The van der Waals surface area contributed by atoms with Crippen molar-refractivity contribution in [3.05, 3.63) is 29.8 Å². The Morgan fingerprint density at radius 1 is 0.913 bits per heavy atom. The van der Waals surface area contributed by atoms with E-state index in [4.69, 9.17) is 19.3 Å². The molecule has 0 radical (unpaired) electrons. The van der Waals surface area contributed by atoms with Crippen LogP contribution in [0.1, 0.15) is 18.9 Å². The van der Waals surface area contributed by atoms with Gasteiger partial charge in [-0.15, -0.1) is 0 Å². The third-order valence-electron chi connectivity index (χ3n) is 3.33. The zero-order valence-electron chi connectivity index (χ0n) is 14.5. The van der Waals surface area contributed by atoms with Crippen LogP contribution in [0.2, 0.25) is 0 Å². The lowest BCUT2D eigenvalue weighted by molar-refractivity contribution is 0.0348. The van der Waals surface area contributed by atoms with E-state index in [2.05, 4.69) is 43.0 Å². The molecular formula is C18H31NO4. The Bertz CT molecular complexity index is 400.